The Bertz CT molecular complexity index is 503. The first-order valence-corrected chi connectivity index (χ1v) is 7.58. The highest BCUT2D eigenvalue weighted by Gasteiger charge is 2.14. The van der Waals surface area contributed by atoms with E-state index in [2.05, 4.69) is 21.2 Å². The van der Waals surface area contributed by atoms with Crippen LogP contribution in [0.2, 0.25) is 0 Å². The van der Waals surface area contributed by atoms with Gasteiger partial charge < -0.3 is 14.8 Å². The van der Waals surface area contributed by atoms with E-state index in [0.29, 0.717) is 40.6 Å². The van der Waals surface area contributed by atoms with Crippen LogP contribution in [0.3, 0.4) is 0 Å². The second-order valence-electron chi connectivity index (χ2n) is 4.87. The fourth-order valence-electron chi connectivity index (χ4n) is 1.57. The third-order valence-corrected chi connectivity index (χ3v) is 3.11. The first-order chi connectivity index (χ1) is 9.97. The summed E-state index contributed by atoms with van der Waals surface area (Å²) in [6.45, 7) is 6.80. The molecule has 1 amide bonds. The van der Waals surface area contributed by atoms with Gasteiger partial charge in [-0.3, -0.25) is 9.59 Å². The molecule has 1 rings (SSSR count). The van der Waals surface area contributed by atoms with E-state index >= 15 is 0 Å². The van der Waals surface area contributed by atoms with Gasteiger partial charge in [-0.25, -0.2) is 0 Å². The smallest absolute Gasteiger partial charge is 0.257 e. The van der Waals surface area contributed by atoms with E-state index in [0.717, 1.165) is 6.29 Å². The highest BCUT2D eigenvalue weighted by Crippen LogP contribution is 2.36. The number of halogens is 1. The normalized spacial score (nSPS) is 10.3. The van der Waals surface area contributed by atoms with Crippen molar-refractivity contribution in [2.24, 2.45) is 5.92 Å². The lowest BCUT2D eigenvalue weighted by atomic mass is 10.2. The lowest BCUT2D eigenvalue weighted by Gasteiger charge is -2.14. The van der Waals surface area contributed by atoms with Crippen LogP contribution in [0.15, 0.2) is 16.6 Å². The van der Waals surface area contributed by atoms with Crippen LogP contribution < -0.4 is 14.8 Å². The Morgan fingerprint density at radius 3 is 2.67 bits per heavy atom. The van der Waals surface area contributed by atoms with Crippen molar-refractivity contribution in [1.82, 2.24) is 5.32 Å². The summed E-state index contributed by atoms with van der Waals surface area (Å²) < 4.78 is 11.5. The summed E-state index contributed by atoms with van der Waals surface area (Å²) >= 11 is 3.33. The molecule has 0 aliphatic heterocycles. The molecule has 5 nitrogen and oxygen atoms in total. The highest BCUT2D eigenvalue weighted by atomic mass is 79.9. The molecule has 0 saturated carbocycles. The molecule has 0 radical (unpaired) electrons. The largest absolute Gasteiger partial charge is 0.490 e. The van der Waals surface area contributed by atoms with Crippen molar-refractivity contribution in [1.29, 1.82) is 0 Å². The molecule has 0 aromatic heterocycles. The molecule has 6 heteroatoms. The van der Waals surface area contributed by atoms with Crippen molar-refractivity contribution in [3.8, 4) is 11.5 Å². The van der Waals surface area contributed by atoms with Gasteiger partial charge in [-0.05, 0) is 40.9 Å². The maximum absolute atomic E-state index is 11.7. The van der Waals surface area contributed by atoms with E-state index in [-0.39, 0.29) is 12.5 Å². The second-order valence-corrected chi connectivity index (χ2v) is 5.72. The third kappa shape index (κ3) is 5.75. The summed E-state index contributed by atoms with van der Waals surface area (Å²) in [4.78, 5) is 22.5. The van der Waals surface area contributed by atoms with Gasteiger partial charge >= 0.3 is 0 Å². The molecule has 1 aromatic carbocycles. The zero-order valence-electron chi connectivity index (χ0n) is 12.4. The molecule has 0 heterocycles. The molecule has 0 atom stereocenters. The van der Waals surface area contributed by atoms with Crippen LogP contribution in [0, 0.1) is 5.92 Å². The van der Waals surface area contributed by atoms with E-state index in [1.807, 2.05) is 20.8 Å². The summed E-state index contributed by atoms with van der Waals surface area (Å²) in [6, 6.07) is 3.21. The van der Waals surface area contributed by atoms with Gasteiger partial charge in [-0.15, -0.1) is 0 Å². The number of nitrogens with one attached hydrogen (secondary N) is 1. The molecule has 0 bridgehead atoms. The van der Waals surface area contributed by atoms with Crippen molar-refractivity contribution >= 4 is 28.1 Å². The average molecular weight is 358 g/mol. The number of benzene rings is 1. The topological polar surface area (TPSA) is 64.6 Å². The predicted molar refractivity (Wildman–Crippen MR) is 84.0 cm³/mol. The van der Waals surface area contributed by atoms with Gasteiger partial charge in [0.05, 0.1) is 11.1 Å². The Hall–Kier alpha value is -1.56. The monoisotopic (exact) mass is 357 g/mol. The van der Waals surface area contributed by atoms with Gasteiger partial charge in [0.1, 0.15) is 6.29 Å². The standard InChI is InChI=1S/C15H20BrNO4/c1-4-20-13-6-11(8-18)5-12(16)15(13)21-9-14(19)17-7-10(2)3/h5-6,8,10H,4,7,9H2,1-3H3,(H,17,19). The zero-order chi connectivity index (χ0) is 15.8. The molecule has 0 aliphatic carbocycles. The fourth-order valence-corrected chi connectivity index (χ4v) is 2.14. The number of ether oxygens (including phenoxy) is 2. The Morgan fingerprint density at radius 1 is 1.38 bits per heavy atom. The maximum Gasteiger partial charge on any atom is 0.257 e. The van der Waals surface area contributed by atoms with Crippen molar-refractivity contribution in [3.63, 3.8) is 0 Å². The van der Waals surface area contributed by atoms with Gasteiger partial charge in [-0.1, -0.05) is 13.8 Å². The zero-order valence-corrected chi connectivity index (χ0v) is 14.0. The van der Waals surface area contributed by atoms with Crippen LogP contribution in [0.25, 0.3) is 0 Å². The van der Waals surface area contributed by atoms with E-state index in [4.69, 9.17) is 9.47 Å². The number of carbonyl (C=O) groups is 2. The van der Waals surface area contributed by atoms with Crippen LogP contribution in [-0.2, 0) is 4.79 Å². The SMILES string of the molecule is CCOc1cc(C=O)cc(Br)c1OCC(=O)NCC(C)C. The Morgan fingerprint density at radius 2 is 2.10 bits per heavy atom. The highest BCUT2D eigenvalue weighted by molar-refractivity contribution is 9.10. The molecule has 21 heavy (non-hydrogen) atoms. The lowest BCUT2D eigenvalue weighted by molar-refractivity contribution is -0.123. The molecule has 1 N–H and O–H groups in total. The molecular formula is C15H20BrNO4. The molecule has 0 unspecified atom stereocenters. The molecular weight excluding hydrogens is 338 g/mol. The summed E-state index contributed by atoms with van der Waals surface area (Å²) in [5.41, 5.74) is 0.474. The van der Waals surface area contributed by atoms with Crippen LogP contribution in [0.1, 0.15) is 31.1 Å². The average Bonchev–Trinajstić information content (AvgIpc) is 2.44. The third-order valence-electron chi connectivity index (χ3n) is 2.52. The molecule has 116 valence electrons. The Labute approximate surface area is 133 Å². The molecule has 0 spiro atoms. The molecule has 0 fully saturated rings. The van der Waals surface area contributed by atoms with Crippen molar-refractivity contribution in [3.05, 3.63) is 22.2 Å². The van der Waals surface area contributed by atoms with Crippen LogP contribution >= 0.6 is 15.9 Å². The number of hydrogen-bond acceptors (Lipinski definition) is 4. The number of amides is 1. The van der Waals surface area contributed by atoms with E-state index < -0.39 is 0 Å². The quantitative estimate of drug-likeness (QED) is 0.726. The number of carbonyl (C=O) groups excluding carboxylic acids is 2. The van der Waals surface area contributed by atoms with Crippen LogP contribution in [0.5, 0.6) is 11.5 Å². The minimum atomic E-state index is -0.197. The van der Waals surface area contributed by atoms with Crippen molar-refractivity contribution in [2.45, 2.75) is 20.8 Å². The first-order valence-electron chi connectivity index (χ1n) is 6.78. The summed E-state index contributed by atoms with van der Waals surface area (Å²) in [6.07, 6.45) is 0.729. The second kappa shape index (κ2) is 8.67. The molecule has 0 aliphatic rings. The predicted octanol–water partition coefficient (Wildman–Crippen LogP) is 2.81. The fraction of sp³-hybridized carbons (Fsp3) is 0.467. The van der Waals surface area contributed by atoms with Crippen LogP contribution in [0.4, 0.5) is 0 Å². The molecule has 0 saturated heterocycles. The first kappa shape index (κ1) is 17.5. The van der Waals surface area contributed by atoms with Gasteiger partial charge in [0.2, 0.25) is 0 Å². The van der Waals surface area contributed by atoms with Gasteiger partial charge in [0, 0.05) is 12.1 Å². The van der Waals surface area contributed by atoms with Crippen molar-refractivity contribution in [2.75, 3.05) is 19.8 Å². The minimum Gasteiger partial charge on any atom is -0.490 e. The van der Waals surface area contributed by atoms with Crippen LogP contribution in [-0.4, -0.2) is 32.0 Å². The summed E-state index contributed by atoms with van der Waals surface area (Å²) in [7, 11) is 0. The van der Waals surface area contributed by atoms with Gasteiger partial charge in [0.15, 0.2) is 18.1 Å². The van der Waals surface area contributed by atoms with Crippen molar-refractivity contribution < 1.29 is 19.1 Å². The number of hydrogen-bond donors (Lipinski definition) is 1. The Balaban J connectivity index is 2.77. The maximum atomic E-state index is 11.7. The lowest BCUT2D eigenvalue weighted by Crippen LogP contribution is -2.31. The van der Waals surface area contributed by atoms with E-state index in [9.17, 15) is 9.59 Å². The van der Waals surface area contributed by atoms with E-state index in [1.165, 1.54) is 0 Å². The molecule has 1 aromatic rings. The minimum absolute atomic E-state index is 0.105. The van der Waals surface area contributed by atoms with E-state index in [1.54, 1.807) is 12.1 Å². The summed E-state index contributed by atoms with van der Waals surface area (Å²) in [5, 5.41) is 2.77. The number of aldehydes is 1. The Kier molecular flexibility index (Phi) is 7.22. The van der Waals surface area contributed by atoms with Gasteiger partial charge in [0.25, 0.3) is 5.91 Å². The summed E-state index contributed by atoms with van der Waals surface area (Å²) in [5.74, 6) is 1.04. The van der Waals surface area contributed by atoms with Gasteiger partial charge in [-0.2, -0.15) is 0 Å². The number of rotatable bonds is 8.